The van der Waals surface area contributed by atoms with E-state index in [2.05, 4.69) is 50.4 Å². The maximum absolute atomic E-state index is 12.2. The number of benzene rings is 2. The minimum Gasteiger partial charge on any atom is -0.355 e. The lowest BCUT2D eigenvalue weighted by molar-refractivity contribution is -0.121. The zero-order valence-corrected chi connectivity index (χ0v) is 15.4. The summed E-state index contributed by atoms with van der Waals surface area (Å²) in [5.74, 6) is -0.0125. The van der Waals surface area contributed by atoms with Crippen molar-refractivity contribution in [2.24, 2.45) is 5.73 Å². The molecule has 3 nitrogen and oxygen atoms in total. The van der Waals surface area contributed by atoms with Crippen molar-refractivity contribution in [2.75, 3.05) is 6.54 Å². The van der Waals surface area contributed by atoms with Gasteiger partial charge in [0, 0.05) is 24.4 Å². The lowest BCUT2D eigenvalue weighted by Crippen LogP contribution is -2.37. The fraction of sp³-hybridized carbons (Fsp3) is 0.350. The molecule has 2 rings (SSSR count). The first kappa shape index (κ1) is 20.2. The van der Waals surface area contributed by atoms with Crippen LogP contribution in [0.1, 0.15) is 43.0 Å². The molecule has 2 aromatic carbocycles. The number of nitrogens with one attached hydrogen (secondary N) is 1. The molecule has 0 saturated carbocycles. The number of nitrogens with two attached hydrogens (primary N) is 1. The van der Waals surface area contributed by atoms with Crippen LogP contribution in [0, 0.1) is 6.92 Å². The topological polar surface area (TPSA) is 55.1 Å². The van der Waals surface area contributed by atoms with Gasteiger partial charge in [0.15, 0.2) is 0 Å². The van der Waals surface area contributed by atoms with E-state index in [9.17, 15) is 4.79 Å². The van der Waals surface area contributed by atoms with Gasteiger partial charge in [-0.25, -0.2) is 0 Å². The second-order valence-electron chi connectivity index (χ2n) is 6.75. The van der Waals surface area contributed by atoms with Gasteiger partial charge in [-0.05, 0) is 18.1 Å². The number of amides is 1. The molecule has 1 atom stereocenters. The van der Waals surface area contributed by atoms with Gasteiger partial charge < -0.3 is 11.1 Å². The molecular weight excluding hydrogens is 320 g/mol. The smallest absolute Gasteiger partial charge is 0.221 e. The molecule has 0 bridgehead atoms. The third-order valence-corrected chi connectivity index (χ3v) is 4.19. The molecule has 0 aliphatic heterocycles. The number of rotatable bonds is 6. The number of hydrogen-bond donors (Lipinski definition) is 2. The van der Waals surface area contributed by atoms with Crippen LogP contribution in [0.5, 0.6) is 0 Å². The standard InChI is InChI=1S/C20H26N2O.ClH/c1-15-9-11-17(12-10-15)20(2,3)14-22-19(23)13-18(21)16-7-5-4-6-8-16;/h4-12,18H,13-14,21H2,1-3H3,(H,22,23);1H. The van der Waals surface area contributed by atoms with Crippen molar-refractivity contribution in [2.45, 2.75) is 38.6 Å². The normalized spacial score (nSPS) is 12.2. The summed E-state index contributed by atoms with van der Waals surface area (Å²) >= 11 is 0. The van der Waals surface area contributed by atoms with Crippen LogP contribution >= 0.6 is 12.4 Å². The first-order valence-electron chi connectivity index (χ1n) is 8.03. The summed E-state index contributed by atoms with van der Waals surface area (Å²) in [7, 11) is 0. The van der Waals surface area contributed by atoms with E-state index in [0.717, 1.165) is 5.56 Å². The largest absolute Gasteiger partial charge is 0.355 e. The second kappa shape index (κ2) is 8.86. The average molecular weight is 347 g/mol. The summed E-state index contributed by atoms with van der Waals surface area (Å²) in [6.07, 6.45) is 0.300. The van der Waals surface area contributed by atoms with Crippen LogP contribution in [0.4, 0.5) is 0 Å². The van der Waals surface area contributed by atoms with Gasteiger partial charge in [-0.1, -0.05) is 74.0 Å². The summed E-state index contributed by atoms with van der Waals surface area (Å²) in [4.78, 5) is 12.2. The minimum absolute atomic E-state index is 0. The Kier molecular flexibility index (Phi) is 7.46. The molecule has 0 spiro atoms. The molecule has 0 radical (unpaired) electrons. The molecule has 0 aliphatic carbocycles. The minimum atomic E-state index is -0.265. The summed E-state index contributed by atoms with van der Waals surface area (Å²) < 4.78 is 0. The Morgan fingerprint density at radius 3 is 2.25 bits per heavy atom. The van der Waals surface area contributed by atoms with Gasteiger partial charge in [-0.15, -0.1) is 12.4 Å². The monoisotopic (exact) mass is 346 g/mol. The Hall–Kier alpha value is -1.84. The van der Waals surface area contributed by atoms with E-state index in [1.807, 2.05) is 30.3 Å². The molecule has 1 amide bonds. The predicted molar refractivity (Wildman–Crippen MR) is 102 cm³/mol. The van der Waals surface area contributed by atoms with E-state index >= 15 is 0 Å². The van der Waals surface area contributed by atoms with Crippen LogP contribution in [0.2, 0.25) is 0 Å². The van der Waals surface area contributed by atoms with Crippen molar-refractivity contribution in [1.29, 1.82) is 0 Å². The summed E-state index contributed by atoms with van der Waals surface area (Å²) in [6.45, 7) is 6.93. The number of hydrogen-bond acceptors (Lipinski definition) is 2. The number of carbonyl (C=O) groups excluding carboxylic acids is 1. The van der Waals surface area contributed by atoms with E-state index in [-0.39, 0.29) is 29.8 Å². The molecular formula is C20H27ClN2O. The van der Waals surface area contributed by atoms with Crippen molar-refractivity contribution < 1.29 is 4.79 Å². The lowest BCUT2D eigenvalue weighted by atomic mass is 9.84. The van der Waals surface area contributed by atoms with E-state index in [1.165, 1.54) is 11.1 Å². The van der Waals surface area contributed by atoms with Gasteiger partial charge in [0.05, 0.1) is 0 Å². The molecule has 130 valence electrons. The fourth-order valence-corrected chi connectivity index (χ4v) is 2.52. The highest BCUT2D eigenvalue weighted by Crippen LogP contribution is 2.22. The SMILES string of the molecule is Cc1ccc(C(C)(C)CNC(=O)CC(N)c2ccccc2)cc1.Cl. The first-order chi connectivity index (χ1) is 10.9. The number of carbonyl (C=O) groups is 1. The highest BCUT2D eigenvalue weighted by Gasteiger charge is 2.22. The molecule has 4 heteroatoms. The number of halogens is 1. The second-order valence-corrected chi connectivity index (χ2v) is 6.75. The van der Waals surface area contributed by atoms with Gasteiger partial charge >= 0.3 is 0 Å². The maximum Gasteiger partial charge on any atom is 0.221 e. The maximum atomic E-state index is 12.2. The molecule has 2 aromatic rings. The molecule has 24 heavy (non-hydrogen) atoms. The van der Waals surface area contributed by atoms with Crippen molar-refractivity contribution in [3.8, 4) is 0 Å². The van der Waals surface area contributed by atoms with Gasteiger partial charge in [0.25, 0.3) is 0 Å². The van der Waals surface area contributed by atoms with E-state index in [0.29, 0.717) is 13.0 Å². The van der Waals surface area contributed by atoms with Crippen LogP contribution in [-0.2, 0) is 10.2 Å². The fourth-order valence-electron chi connectivity index (χ4n) is 2.52. The summed E-state index contributed by atoms with van der Waals surface area (Å²) in [5, 5.41) is 3.02. The first-order valence-corrected chi connectivity index (χ1v) is 8.03. The van der Waals surface area contributed by atoms with Gasteiger partial charge in [-0.3, -0.25) is 4.79 Å². The molecule has 3 N–H and O–H groups in total. The Balaban J connectivity index is 0.00000288. The van der Waals surface area contributed by atoms with Gasteiger partial charge in [0.2, 0.25) is 5.91 Å². The van der Waals surface area contributed by atoms with Crippen molar-refractivity contribution >= 4 is 18.3 Å². The van der Waals surface area contributed by atoms with Crippen LogP contribution in [0.15, 0.2) is 54.6 Å². The number of aryl methyl sites for hydroxylation is 1. The van der Waals surface area contributed by atoms with E-state index in [4.69, 9.17) is 5.73 Å². The average Bonchev–Trinajstić information content (AvgIpc) is 2.54. The molecule has 0 fully saturated rings. The van der Waals surface area contributed by atoms with Crippen molar-refractivity contribution in [1.82, 2.24) is 5.32 Å². The molecule has 0 heterocycles. The summed E-state index contributed by atoms with van der Waals surface area (Å²) in [5.41, 5.74) is 9.43. The van der Waals surface area contributed by atoms with Crippen molar-refractivity contribution in [3.63, 3.8) is 0 Å². The molecule has 0 aliphatic rings. The quantitative estimate of drug-likeness (QED) is 0.833. The van der Waals surface area contributed by atoms with Crippen LogP contribution < -0.4 is 11.1 Å². The Morgan fingerprint density at radius 1 is 1.08 bits per heavy atom. The van der Waals surface area contributed by atoms with E-state index < -0.39 is 0 Å². The van der Waals surface area contributed by atoms with Crippen LogP contribution in [0.25, 0.3) is 0 Å². The lowest BCUT2D eigenvalue weighted by Gasteiger charge is -2.26. The Bertz CT molecular complexity index is 638. The zero-order valence-electron chi connectivity index (χ0n) is 14.6. The Morgan fingerprint density at radius 2 is 1.67 bits per heavy atom. The Labute approximate surface area is 151 Å². The van der Waals surface area contributed by atoms with Gasteiger partial charge in [-0.2, -0.15) is 0 Å². The summed E-state index contributed by atoms with van der Waals surface area (Å²) in [6, 6.07) is 17.9. The molecule has 0 aromatic heterocycles. The predicted octanol–water partition coefficient (Wildman–Crippen LogP) is 3.90. The van der Waals surface area contributed by atoms with Crippen LogP contribution in [0.3, 0.4) is 0 Å². The van der Waals surface area contributed by atoms with Crippen molar-refractivity contribution in [3.05, 3.63) is 71.3 Å². The molecule has 1 unspecified atom stereocenters. The third-order valence-electron chi connectivity index (χ3n) is 4.19. The highest BCUT2D eigenvalue weighted by atomic mass is 35.5. The van der Waals surface area contributed by atoms with Gasteiger partial charge in [0.1, 0.15) is 0 Å². The van der Waals surface area contributed by atoms with Crippen LogP contribution in [-0.4, -0.2) is 12.5 Å². The van der Waals surface area contributed by atoms with E-state index in [1.54, 1.807) is 0 Å². The highest BCUT2D eigenvalue weighted by molar-refractivity contribution is 5.85. The molecule has 0 saturated heterocycles. The third kappa shape index (κ3) is 5.66. The zero-order chi connectivity index (χ0) is 16.9.